The maximum Gasteiger partial charge on any atom is 0.108 e. The number of nitrogens with zero attached hydrogens (tertiary/aromatic N) is 1. The zero-order valence-corrected chi connectivity index (χ0v) is 10.2. The average molecular weight is 239 g/mol. The van der Waals surface area contributed by atoms with Crippen LogP contribution in [0.2, 0.25) is 5.02 Å². The van der Waals surface area contributed by atoms with Gasteiger partial charge in [-0.3, -0.25) is 4.84 Å². The van der Waals surface area contributed by atoms with Crippen molar-refractivity contribution in [3.8, 4) is 0 Å². The Bertz CT molecular complexity index is 505. The van der Waals surface area contributed by atoms with E-state index in [2.05, 4.69) is 24.5 Å². The molecule has 0 spiro atoms. The standard InChI is InChI=1S/C12H15ClN2O/c1-8(2)15-9(7-16-14)6-10-11(13)4-3-5-12(10)15/h3-6,8H,7,14H2,1-2H3. The molecule has 2 aromatic rings. The molecule has 0 atom stereocenters. The van der Waals surface area contributed by atoms with E-state index < -0.39 is 0 Å². The summed E-state index contributed by atoms with van der Waals surface area (Å²) in [4.78, 5) is 4.72. The Morgan fingerprint density at radius 3 is 2.81 bits per heavy atom. The van der Waals surface area contributed by atoms with Crippen LogP contribution in [0.3, 0.4) is 0 Å². The van der Waals surface area contributed by atoms with Gasteiger partial charge in [-0.25, -0.2) is 5.90 Å². The number of hydrogen-bond acceptors (Lipinski definition) is 2. The summed E-state index contributed by atoms with van der Waals surface area (Å²) in [6.07, 6.45) is 0. The topological polar surface area (TPSA) is 40.2 Å². The highest BCUT2D eigenvalue weighted by atomic mass is 35.5. The molecule has 2 N–H and O–H groups in total. The Kier molecular flexibility index (Phi) is 3.19. The number of aromatic nitrogens is 1. The fraction of sp³-hybridized carbons (Fsp3) is 0.333. The molecule has 0 bridgehead atoms. The van der Waals surface area contributed by atoms with Gasteiger partial charge in [-0.05, 0) is 32.0 Å². The third-order valence-electron chi connectivity index (χ3n) is 2.66. The first-order valence-electron chi connectivity index (χ1n) is 5.25. The molecule has 1 heterocycles. The maximum absolute atomic E-state index is 6.16. The van der Waals surface area contributed by atoms with Crippen molar-refractivity contribution < 1.29 is 4.84 Å². The van der Waals surface area contributed by atoms with E-state index in [1.54, 1.807) is 0 Å². The van der Waals surface area contributed by atoms with E-state index in [1.807, 2.05) is 18.2 Å². The molecule has 0 saturated heterocycles. The van der Waals surface area contributed by atoms with Crippen LogP contribution in [0.4, 0.5) is 0 Å². The molecule has 0 saturated carbocycles. The summed E-state index contributed by atoms with van der Waals surface area (Å²) in [7, 11) is 0. The third kappa shape index (κ3) is 1.82. The molecule has 0 fully saturated rings. The highest BCUT2D eigenvalue weighted by molar-refractivity contribution is 6.35. The van der Waals surface area contributed by atoms with E-state index in [4.69, 9.17) is 22.3 Å². The summed E-state index contributed by atoms with van der Waals surface area (Å²) in [6.45, 7) is 4.64. The minimum absolute atomic E-state index is 0.348. The largest absolute Gasteiger partial charge is 0.340 e. The first kappa shape index (κ1) is 11.5. The number of fused-ring (bicyclic) bond motifs is 1. The molecule has 16 heavy (non-hydrogen) atoms. The van der Waals surface area contributed by atoms with Gasteiger partial charge >= 0.3 is 0 Å². The van der Waals surface area contributed by atoms with Gasteiger partial charge in [0, 0.05) is 22.1 Å². The molecule has 0 radical (unpaired) electrons. The normalized spacial score (nSPS) is 11.6. The SMILES string of the molecule is CC(C)n1c(CON)cc2c(Cl)cccc21. The van der Waals surface area contributed by atoms with Crippen LogP contribution in [0.1, 0.15) is 25.6 Å². The van der Waals surface area contributed by atoms with Gasteiger partial charge in [0.1, 0.15) is 6.61 Å². The molecule has 0 unspecified atom stereocenters. The van der Waals surface area contributed by atoms with Crippen molar-refractivity contribution in [3.05, 3.63) is 35.0 Å². The number of rotatable bonds is 3. The van der Waals surface area contributed by atoms with Crippen molar-refractivity contribution in [2.24, 2.45) is 5.90 Å². The summed E-state index contributed by atoms with van der Waals surface area (Å²) in [5.41, 5.74) is 2.16. The second-order valence-electron chi connectivity index (χ2n) is 4.08. The fourth-order valence-corrected chi connectivity index (χ4v) is 2.30. The molecule has 0 aliphatic carbocycles. The first-order valence-corrected chi connectivity index (χ1v) is 5.63. The Balaban J connectivity index is 2.70. The molecule has 0 aliphatic heterocycles. The van der Waals surface area contributed by atoms with Crippen LogP contribution in [0, 0.1) is 0 Å². The van der Waals surface area contributed by atoms with Gasteiger partial charge in [0.25, 0.3) is 0 Å². The maximum atomic E-state index is 6.16. The second kappa shape index (κ2) is 4.45. The van der Waals surface area contributed by atoms with Crippen molar-refractivity contribution in [1.29, 1.82) is 0 Å². The molecule has 0 amide bonds. The second-order valence-corrected chi connectivity index (χ2v) is 4.49. The van der Waals surface area contributed by atoms with Gasteiger partial charge in [-0.15, -0.1) is 0 Å². The lowest BCUT2D eigenvalue weighted by molar-refractivity contribution is 0.118. The van der Waals surface area contributed by atoms with Crippen molar-refractivity contribution in [2.45, 2.75) is 26.5 Å². The molecule has 0 aliphatic rings. The van der Waals surface area contributed by atoms with E-state index >= 15 is 0 Å². The first-order chi connectivity index (χ1) is 7.65. The van der Waals surface area contributed by atoms with Crippen molar-refractivity contribution in [3.63, 3.8) is 0 Å². The lowest BCUT2D eigenvalue weighted by atomic mass is 10.2. The number of halogens is 1. The van der Waals surface area contributed by atoms with E-state index in [-0.39, 0.29) is 0 Å². The van der Waals surface area contributed by atoms with Gasteiger partial charge in [0.15, 0.2) is 0 Å². The van der Waals surface area contributed by atoms with Crippen LogP contribution in [-0.2, 0) is 11.4 Å². The van der Waals surface area contributed by atoms with Crippen LogP contribution in [0.25, 0.3) is 10.9 Å². The quantitative estimate of drug-likeness (QED) is 0.834. The van der Waals surface area contributed by atoms with Crippen LogP contribution in [-0.4, -0.2) is 4.57 Å². The minimum Gasteiger partial charge on any atom is -0.340 e. The summed E-state index contributed by atoms with van der Waals surface area (Å²) >= 11 is 6.16. The number of benzene rings is 1. The van der Waals surface area contributed by atoms with Gasteiger partial charge in [0.2, 0.25) is 0 Å². The van der Waals surface area contributed by atoms with E-state index in [0.29, 0.717) is 12.6 Å². The summed E-state index contributed by atoms with van der Waals surface area (Å²) in [6, 6.07) is 8.28. The average Bonchev–Trinajstić information content (AvgIpc) is 2.58. The van der Waals surface area contributed by atoms with Gasteiger partial charge in [-0.1, -0.05) is 17.7 Å². The summed E-state index contributed by atoms with van der Waals surface area (Å²) in [5.74, 6) is 5.14. The molecule has 86 valence electrons. The Labute approximate surface area is 99.7 Å². The highest BCUT2D eigenvalue weighted by Gasteiger charge is 2.12. The minimum atomic E-state index is 0.348. The molecule has 3 nitrogen and oxygen atoms in total. The highest BCUT2D eigenvalue weighted by Crippen LogP contribution is 2.29. The lowest BCUT2D eigenvalue weighted by Crippen LogP contribution is -2.08. The Hall–Kier alpha value is -1.03. The van der Waals surface area contributed by atoms with Crippen molar-refractivity contribution >= 4 is 22.5 Å². The molecule has 1 aromatic heterocycles. The monoisotopic (exact) mass is 238 g/mol. The third-order valence-corrected chi connectivity index (χ3v) is 2.99. The molecular formula is C12H15ClN2O. The molecular weight excluding hydrogens is 224 g/mol. The molecule has 2 rings (SSSR count). The van der Waals surface area contributed by atoms with Gasteiger partial charge in [-0.2, -0.15) is 0 Å². The van der Waals surface area contributed by atoms with Crippen LogP contribution >= 0.6 is 11.6 Å². The van der Waals surface area contributed by atoms with Gasteiger partial charge < -0.3 is 4.57 Å². The lowest BCUT2D eigenvalue weighted by Gasteiger charge is -2.13. The number of nitrogens with two attached hydrogens (primary N) is 1. The van der Waals surface area contributed by atoms with Crippen LogP contribution in [0.15, 0.2) is 24.3 Å². The van der Waals surface area contributed by atoms with E-state index in [0.717, 1.165) is 21.6 Å². The number of hydrogen-bond donors (Lipinski definition) is 1. The summed E-state index contributed by atoms with van der Waals surface area (Å²) < 4.78 is 2.19. The predicted molar refractivity (Wildman–Crippen MR) is 66.3 cm³/mol. The zero-order chi connectivity index (χ0) is 11.7. The van der Waals surface area contributed by atoms with Crippen LogP contribution in [0.5, 0.6) is 0 Å². The van der Waals surface area contributed by atoms with Crippen LogP contribution < -0.4 is 5.90 Å². The van der Waals surface area contributed by atoms with E-state index in [9.17, 15) is 0 Å². The zero-order valence-electron chi connectivity index (χ0n) is 9.40. The van der Waals surface area contributed by atoms with Crippen molar-refractivity contribution in [1.82, 2.24) is 4.57 Å². The smallest absolute Gasteiger partial charge is 0.108 e. The Morgan fingerprint density at radius 2 is 2.19 bits per heavy atom. The predicted octanol–water partition coefficient (Wildman–Crippen LogP) is 3.27. The summed E-state index contributed by atoms with van der Waals surface area (Å²) in [5, 5.41) is 1.81. The molecule has 4 heteroatoms. The van der Waals surface area contributed by atoms with E-state index in [1.165, 1.54) is 0 Å². The van der Waals surface area contributed by atoms with Gasteiger partial charge in [0.05, 0.1) is 5.52 Å². The molecule has 1 aromatic carbocycles. The Morgan fingerprint density at radius 1 is 1.44 bits per heavy atom. The van der Waals surface area contributed by atoms with Crippen molar-refractivity contribution in [2.75, 3.05) is 0 Å². The fourth-order valence-electron chi connectivity index (χ4n) is 2.08.